The SMILES string of the molecule is N#C/C(=C\c1ccccc1Cl)c1nc(-c2cc3cc(Cl)ccc3oc2=O)cs1. The summed E-state index contributed by atoms with van der Waals surface area (Å²) < 4.78 is 5.36. The maximum absolute atomic E-state index is 12.4. The van der Waals surface area contributed by atoms with Gasteiger partial charge in [-0.25, -0.2) is 9.78 Å². The number of nitrogens with zero attached hydrogens (tertiary/aromatic N) is 2. The first kappa shape index (κ1) is 18.5. The van der Waals surface area contributed by atoms with Crippen molar-refractivity contribution in [3.63, 3.8) is 0 Å². The fourth-order valence-electron chi connectivity index (χ4n) is 2.68. The van der Waals surface area contributed by atoms with Crippen LogP contribution < -0.4 is 5.63 Å². The van der Waals surface area contributed by atoms with E-state index in [1.165, 1.54) is 11.3 Å². The summed E-state index contributed by atoms with van der Waals surface area (Å²) in [5.74, 6) is 0. The second kappa shape index (κ2) is 7.61. The van der Waals surface area contributed by atoms with Gasteiger partial charge >= 0.3 is 5.63 Å². The van der Waals surface area contributed by atoms with E-state index in [4.69, 9.17) is 27.6 Å². The monoisotopic (exact) mass is 424 g/mol. The molecular weight excluding hydrogens is 415 g/mol. The molecule has 0 aliphatic carbocycles. The van der Waals surface area contributed by atoms with Gasteiger partial charge in [0.25, 0.3) is 0 Å². The van der Waals surface area contributed by atoms with Crippen LogP contribution in [0.25, 0.3) is 33.9 Å². The highest BCUT2D eigenvalue weighted by Gasteiger charge is 2.14. The molecule has 2 heterocycles. The first-order valence-corrected chi connectivity index (χ1v) is 9.75. The third-order valence-electron chi connectivity index (χ3n) is 4.03. The zero-order valence-electron chi connectivity index (χ0n) is 14.1. The van der Waals surface area contributed by atoms with E-state index in [9.17, 15) is 10.1 Å². The Labute approximate surface area is 173 Å². The van der Waals surface area contributed by atoms with E-state index in [-0.39, 0.29) is 0 Å². The molecule has 0 radical (unpaired) electrons. The van der Waals surface area contributed by atoms with E-state index in [1.807, 2.05) is 18.2 Å². The average molecular weight is 425 g/mol. The van der Waals surface area contributed by atoms with Gasteiger partial charge in [0.15, 0.2) is 0 Å². The zero-order valence-corrected chi connectivity index (χ0v) is 16.5. The summed E-state index contributed by atoms with van der Waals surface area (Å²) in [6.45, 7) is 0. The summed E-state index contributed by atoms with van der Waals surface area (Å²) in [6, 6.07) is 16.1. The van der Waals surface area contributed by atoms with Gasteiger partial charge in [-0.15, -0.1) is 11.3 Å². The Morgan fingerprint density at radius 3 is 2.79 bits per heavy atom. The predicted molar refractivity (Wildman–Crippen MR) is 114 cm³/mol. The Kier molecular flexibility index (Phi) is 5.01. The Hall–Kier alpha value is -2.91. The van der Waals surface area contributed by atoms with Crippen molar-refractivity contribution in [2.24, 2.45) is 0 Å². The van der Waals surface area contributed by atoms with Crippen LogP contribution in [-0.2, 0) is 0 Å². The number of thiazole rings is 1. The highest BCUT2D eigenvalue weighted by Crippen LogP contribution is 2.29. The molecule has 0 saturated heterocycles. The summed E-state index contributed by atoms with van der Waals surface area (Å²) in [7, 11) is 0. The number of hydrogen-bond donors (Lipinski definition) is 0. The summed E-state index contributed by atoms with van der Waals surface area (Å²) in [6.07, 6.45) is 1.67. The first-order valence-electron chi connectivity index (χ1n) is 8.11. The smallest absolute Gasteiger partial charge is 0.345 e. The van der Waals surface area contributed by atoms with Crippen LogP contribution in [0.5, 0.6) is 0 Å². The number of halogens is 2. The minimum Gasteiger partial charge on any atom is -0.422 e. The molecule has 136 valence electrons. The molecule has 0 aliphatic rings. The minimum absolute atomic E-state index is 0.312. The van der Waals surface area contributed by atoms with Crippen LogP contribution in [-0.4, -0.2) is 4.98 Å². The number of fused-ring (bicyclic) bond motifs is 1. The van der Waals surface area contributed by atoms with Crippen LogP contribution in [0.2, 0.25) is 10.0 Å². The molecular formula is C21H10Cl2N2O2S. The van der Waals surface area contributed by atoms with Crippen LogP contribution in [0.15, 0.2) is 63.1 Å². The fourth-order valence-corrected chi connectivity index (χ4v) is 3.84. The van der Waals surface area contributed by atoms with Gasteiger partial charge in [-0.1, -0.05) is 41.4 Å². The van der Waals surface area contributed by atoms with E-state index < -0.39 is 5.63 Å². The number of rotatable bonds is 3. The molecule has 0 N–H and O–H groups in total. The van der Waals surface area contributed by atoms with E-state index in [2.05, 4.69) is 11.1 Å². The van der Waals surface area contributed by atoms with Gasteiger partial charge in [0.2, 0.25) is 0 Å². The Morgan fingerprint density at radius 1 is 1.18 bits per heavy atom. The largest absolute Gasteiger partial charge is 0.422 e. The Morgan fingerprint density at radius 2 is 2.00 bits per heavy atom. The van der Waals surface area contributed by atoms with E-state index in [1.54, 1.807) is 41.8 Å². The predicted octanol–water partition coefficient (Wildman–Crippen LogP) is 6.29. The van der Waals surface area contributed by atoms with Crippen LogP contribution in [0.3, 0.4) is 0 Å². The molecule has 0 atom stereocenters. The number of allylic oxidation sites excluding steroid dienone is 1. The highest BCUT2D eigenvalue weighted by molar-refractivity contribution is 7.11. The molecule has 0 fully saturated rings. The van der Waals surface area contributed by atoms with Gasteiger partial charge in [0.1, 0.15) is 16.7 Å². The average Bonchev–Trinajstić information content (AvgIpc) is 3.17. The quantitative estimate of drug-likeness (QED) is 0.286. The molecule has 2 aromatic heterocycles. The van der Waals surface area contributed by atoms with Gasteiger partial charge in [-0.2, -0.15) is 5.26 Å². The van der Waals surface area contributed by atoms with Gasteiger partial charge in [0.05, 0.1) is 16.8 Å². The van der Waals surface area contributed by atoms with Gasteiger partial charge < -0.3 is 4.42 Å². The molecule has 4 nitrogen and oxygen atoms in total. The van der Waals surface area contributed by atoms with Crippen molar-refractivity contribution in [2.75, 3.05) is 0 Å². The first-order chi connectivity index (χ1) is 13.5. The van der Waals surface area contributed by atoms with Crippen LogP contribution in [0, 0.1) is 11.3 Å². The normalized spacial score (nSPS) is 11.5. The molecule has 0 unspecified atom stereocenters. The van der Waals surface area contributed by atoms with Gasteiger partial charge in [-0.3, -0.25) is 0 Å². The molecule has 7 heteroatoms. The molecule has 0 spiro atoms. The Bertz CT molecular complexity index is 1330. The van der Waals surface area contributed by atoms with Crippen molar-refractivity contribution in [1.29, 1.82) is 5.26 Å². The number of hydrogen-bond acceptors (Lipinski definition) is 5. The highest BCUT2D eigenvalue weighted by atomic mass is 35.5. The Balaban J connectivity index is 1.78. The van der Waals surface area contributed by atoms with Crippen molar-refractivity contribution in [3.05, 3.63) is 84.9 Å². The van der Waals surface area contributed by atoms with Crippen molar-refractivity contribution in [3.8, 4) is 17.3 Å². The zero-order chi connectivity index (χ0) is 19.7. The van der Waals surface area contributed by atoms with Crippen LogP contribution >= 0.6 is 34.5 Å². The number of benzene rings is 2. The van der Waals surface area contributed by atoms with Crippen LogP contribution in [0.4, 0.5) is 0 Å². The number of aromatic nitrogens is 1. The maximum Gasteiger partial charge on any atom is 0.345 e. The minimum atomic E-state index is -0.500. The van der Waals surface area contributed by atoms with E-state index in [0.29, 0.717) is 42.9 Å². The summed E-state index contributed by atoms with van der Waals surface area (Å²) in [4.78, 5) is 16.8. The lowest BCUT2D eigenvalue weighted by atomic mass is 10.1. The lowest BCUT2D eigenvalue weighted by Crippen LogP contribution is -2.02. The molecule has 0 amide bonds. The molecule has 4 aromatic rings. The molecule has 2 aromatic carbocycles. The second-order valence-electron chi connectivity index (χ2n) is 5.86. The number of nitriles is 1. The van der Waals surface area contributed by atoms with E-state index in [0.717, 1.165) is 5.56 Å². The molecule has 28 heavy (non-hydrogen) atoms. The van der Waals surface area contributed by atoms with Crippen molar-refractivity contribution >= 4 is 57.2 Å². The lowest BCUT2D eigenvalue weighted by molar-refractivity contribution is 0.563. The summed E-state index contributed by atoms with van der Waals surface area (Å²) in [5.41, 5.74) is 1.78. The molecule has 0 aliphatic heterocycles. The summed E-state index contributed by atoms with van der Waals surface area (Å²) >= 11 is 13.5. The summed E-state index contributed by atoms with van der Waals surface area (Å²) in [5, 5.41) is 13.5. The van der Waals surface area contributed by atoms with Gasteiger partial charge in [-0.05, 0) is 42.0 Å². The molecule has 0 saturated carbocycles. The van der Waals surface area contributed by atoms with Crippen LogP contribution in [0.1, 0.15) is 10.6 Å². The van der Waals surface area contributed by atoms with Crippen molar-refractivity contribution in [2.45, 2.75) is 0 Å². The molecule has 4 rings (SSSR count). The molecule has 0 bridgehead atoms. The fraction of sp³-hybridized carbons (Fsp3) is 0. The van der Waals surface area contributed by atoms with E-state index >= 15 is 0 Å². The van der Waals surface area contributed by atoms with Gasteiger partial charge in [0, 0.05) is 20.8 Å². The third kappa shape index (κ3) is 3.58. The van der Waals surface area contributed by atoms with Crippen molar-refractivity contribution < 1.29 is 4.42 Å². The second-order valence-corrected chi connectivity index (χ2v) is 7.56. The third-order valence-corrected chi connectivity index (χ3v) is 5.49. The lowest BCUT2D eigenvalue weighted by Gasteiger charge is -2.00. The topological polar surface area (TPSA) is 66.9 Å². The van der Waals surface area contributed by atoms with Crippen molar-refractivity contribution in [1.82, 2.24) is 4.98 Å². The standard InChI is InChI=1S/C21H10Cl2N2O2S/c22-15-5-6-19-13(8-15)9-16(21(26)27-19)18-11-28-20(25-18)14(10-24)7-12-3-1-2-4-17(12)23/h1-9,11H/b14-7+. The maximum atomic E-state index is 12.4.